The Morgan fingerprint density at radius 3 is 2.04 bits per heavy atom. The number of phenols is 2. The van der Waals surface area contributed by atoms with E-state index in [4.69, 9.17) is 16.3 Å². The third-order valence-electron chi connectivity index (χ3n) is 8.38. The van der Waals surface area contributed by atoms with Gasteiger partial charge in [0.1, 0.15) is 38.5 Å². The van der Waals surface area contributed by atoms with Crippen molar-refractivity contribution in [2.75, 3.05) is 16.8 Å². The third-order valence-corrected chi connectivity index (χ3v) is 10.9. The summed E-state index contributed by atoms with van der Waals surface area (Å²) in [4.78, 5) is 24.6. The fraction of sp³-hybridized carbons (Fsp3) is 0.0270. The van der Waals surface area contributed by atoms with Crippen molar-refractivity contribution in [2.45, 2.75) is 0 Å². The van der Waals surface area contributed by atoms with Crippen LogP contribution in [0.1, 0.15) is 27.0 Å². The first kappa shape index (κ1) is 45.9. The van der Waals surface area contributed by atoms with Crippen LogP contribution < -0.4 is 70.0 Å². The Morgan fingerprint density at radius 2 is 1.33 bits per heavy atom. The molecule has 0 atom stereocenters. The quantitative estimate of drug-likeness (QED) is 0.0680. The second-order valence-electron chi connectivity index (χ2n) is 11.8. The van der Waals surface area contributed by atoms with Gasteiger partial charge in [0.05, 0.1) is 5.69 Å². The molecule has 57 heavy (non-hydrogen) atoms. The zero-order valence-electron chi connectivity index (χ0n) is 29.8. The van der Waals surface area contributed by atoms with Crippen molar-refractivity contribution in [3.05, 3.63) is 141 Å². The molecule has 20 heteroatoms. The molecule has 5 aromatic rings. The number of aromatic hydroxyl groups is 2. The van der Waals surface area contributed by atoms with Crippen LogP contribution >= 0.6 is 11.6 Å². The smallest absolute Gasteiger partial charge is 0.506 e. The summed E-state index contributed by atoms with van der Waals surface area (Å²) >= 11 is 5.88. The molecule has 0 saturated heterocycles. The molecule has 278 valence electrons. The number of hydrazone groups is 2. The van der Waals surface area contributed by atoms with Crippen LogP contribution in [0.25, 0.3) is 21.4 Å². The van der Waals surface area contributed by atoms with Crippen molar-refractivity contribution in [1.29, 1.82) is 0 Å². The van der Waals surface area contributed by atoms with Crippen LogP contribution in [0.2, 0.25) is 5.02 Å². The minimum Gasteiger partial charge on any atom is -0.506 e. The molecule has 0 bridgehead atoms. The minimum atomic E-state index is -4.57. The summed E-state index contributed by atoms with van der Waals surface area (Å²) in [7, 11) is -8.39. The number of carbonyl (C=O) groups is 2. The third kappa shape index (κ3) is 9.26. The Morgan fingerprint density at radius 1 is 0.737 bits per heavy atom. The summed E-state index contributed by atoms with van der Waals surface area (Å²) in [6.45, 7) is 0. The first-order chi connectivity index (χ1) is 25.7. The van der Waals surface area contributed by atoms with E-state index in [2.05, 4.69) is 21.1 Å². The molecule has 3 aliphatic rings. The maximum absolute atomic E-state index is 12.8. The van der Waals surface area contributed by atoms with Gasteiger partial charge in [-0.05, 0) is 29.7 Å². The average molecular weight is 883 g/mol. The van der Waals surface area contributed by atoms with Crippen LogP contribution in [0, 0.1) is 0 Å². The number of carbonyl (C=O) groups excluding carboxylic acids is 2. The van der Waals surface area contributed by atoms with Gasteiger partial charge in [-0.3, -0.25) is 25.0 Å². The molecule has 8 rings (SSSR count). The van der Waals surface area contributed by atoms with Gasteiger partial charge in [0.2, 0.25) is 21.4 Å². The molecule has 1 aliphatic heterocycles. The Kier molecular flexibility index (Phi) is 14.8. The summed E-state index contributed by atoms with van der Waals surface area (Å²) in [6.07, 6.45) is 0.834. The number of phenolic OH excluding ortho intramolecular Hbond substituents is 2. The maximum Gasteiger partial charge on any atom is 1.00 e. The number of benzene rings is 5. The van der Waals surface area contributed by atoms with Gasteiger partial charge >= 0.3 is 59.1 Å². The van der Waals surface area contributed by atoms with Gasteiger partial charge in [0.25, 0.3) is 10.1 Å². The summed E-state index contributed by atoms with van der Waals surface area (Å²) in [6, 6.07) is 27.6. The molecule has 0 saturated carbocycles. The van der Waals surface area contributed by atoms with Gasteiger partial charge in [0.15, 0.2) is 11.7 Å². The second-order valence-corrected chi connectivity index (χ2v) is 15.5. The fourth-order valence-electron chi connectivity index (χ4n) is 5.90. The Labute approximate surface area is 385 Å². The van der Waals surface area contributed by atoms with Crippen LogP contribution in [0.15, 0.2) is 124 Å². The normalized spacial score (nSPS) is 16.3. The average Bonchev–Trinajstić information content (AvgIpc) is 3.47. The van der Waals surface area contributed by atoms with Crippen molar-refractivity contribution >= 4 is 87.4 Å². The summed E-state index contributed by atoms with van der Waals surface area (Å²) < 4.78 is 62.7. The van der Waals surface area contributed by atoms with E-state index in [0.717, 1.165) is 11.5 Å². The molecular weight excluding hydrogens is 858 g/mol. The molecular formula is C37H25ClCrN4Na2O10S2+2. The van der Waals surface area contributed by atoms with Gasteiger partial charge in [-0.2, -0.15) is 18.6 Å². The monoisotopic (exact) mass is 882 g/mol. The van der Waals surface area contributed by atoms with Crippen LogP contribution in [0.5, 0.6) is 11.5 Å². The van der Waals surface area contributed by atoms with E-state index >= 15 is 0 Å². The van der Waals surface area contributed by atoms with Gasteiger partial charge in [-0.25, -0.2) is 8.42 Å². The van der Waals surface area contributed by atoms with Crippen molar-refractivity contribution in [1.82, 2.24) is 0 Å². The van der Waals surface area contributed by atoms with E-state index in [9.17, 15) is 41.2 Å². The van der Waals surface area contributed by atoms with Crippen molar-refractivity contribution in [3.63, 3.8) is 0 Å². The number of fused-ring (bicyclic) bond motifs is 4. The molecule has 5 aromatic carbocycles. The van der Waals surface area contributed by atoms with E-state index in [-0.39, 0.29) is 127 Å². The number of sulfone groups is 1. The maximum atomic E-state index is 12.8. The molecule has 0 amide bonds. The first-order valence-corrected chi connectivity index (χ1v) is 19.2. The molecule has 5 N–H and O–H groups in total. The fourth-order valence-corrected chi connectivity index (χ4v) is 8.06. The summed E-state index contributed by atoms with van der Waals surface area (Å²) in [5.74, 6) is -1.88. The molecule has 0 spiro atoms. The van der Waals surface area contributed by atoms with Gasteiger partial charge in [-0.15, -0.1) is 0 Å². The van der Waals surface area contributed by atoms with Crippen LogP contribution in [-0.4, -0.2) is 60.5 Å². The number of nitrogens with zero attached hydrogens (tertiary/aromatic N) is 2. The molecule has 0 fully saturated rings. The van der Waals surface area contributed by atoms with Crippen LogP contribution in [0.3, 0.4) is 0 Å². The Bertz CT molecular complexity index is 2820. The summed E-state index contributed by atoms with van der Waals surface area (Å²) in [5, 5.41) is 30.1. The molecule has 0 unspecified atom stereocenters. The zero-order chi connectivity index (χ0) is 38.4. The number of hydrogen-bond acceptors (Lipinski definition) is 13. The number of hydrogen-bond donors (Lipinski definition) is 5. The van der Waals surface area contributed by atoms with E-state index in [1.165, 1.54) is 36.4 Å². The van der Waals surface area contributed by atoms with Gasteiger partial charge < -0.3 is 14.9 Å². The van der Waals surface area contributed by atoms with E-state index in [1.54, 1.807) is 48.5 Å². The molecule has 0 aromatic heterocycles. The topological polar surface area (TPSA) is 221 Å². The SMILES string of the molecule is O=C1/C(=N/Nc2cc(Cl)ccc2O)C2=C(OCS2(=O)=O)c2ccccc21.O=C1C=C(S(=O)(=O)O)c2ccccc2C1=NNc1c(O)ccc2ccccc12.[Cr].[Na+].[Na+]. The van der Waals surface area contributed by atoms with Crippen molar-refractivity contribution < 1.29 is 122 Å². The van der Waals surface area contributed by atoms with E-state index in [0.29, 0.717) is 27.2 Å². The Balaban J connectivity index is 0.000000241. The number of nitrogens with one attached hydrogen (secondary N) is 2. The number of Topliss-reactive ketones (excluding diaryl/α,β-unsaturated/α-hetero) is 1. The van der Waals surface area contributed by atoms with E-state index < -0.39 is 42.4 Å². The second kappa shape index (κ2) is 18.4. The van der Waals surface area contributed by atoms with Crippen LogP contribution in [0.4, 0.5) is 11.4 Å². The van der Waals surface area contributed by atoms with Gasteiger partial charge in [0, 0.05) is 56.1 Å². The summed E-state index contributed by atoms with van der Waals surface area (Å²) in [5.41, 5.74) is 6.50. The predicted molar refractivity (Wildman–Crippen MR) is 203 cm³/mol. The first-order valence-electron chi connectivity index (χ1n) is 15.7. The predicted octanol–water partition coefficient (Wildman–Crippen LogP) is -0.0404. The molecule has 0 radical (unpaired) electrons. The minimum absolute atomic E-state index is 0. The largest absolute Gasteiger partial charge is 1.00 e. The van der Waals surface area contributed by atoms with Crippen molar-refractivity contribution in [2.24, 2.45) is 10.2 Å². The zero-order valence-corrected chi connectivity index (χ0v) is 37.5. The molecule has 14 nitrogen and oxygen atoms in total. The van der Waals surface area contributed by atoms with E-state index in [1.807, 2.05) is 18.2 Å². The molecule has 1 heterocycles. The van der Waals surface area contributed by atoms with Crippen LogP contribution in [-0.2, 0) is 46.8 Å². The number of allylic oxidation sites excluding steroid dienone is 2. The van der Waals surface area contributed by atoms with Gasteiger partial charge in [-0.1, -0.05) is 90.5 Å². The number of rotatable bonds is 5. The number of halogens is 1. The Hall–Kier alpha value is -3.80. The standard InChI is InChI=1S/C20H14N2O5S.C17H11ClN2O5S.Cr.2Na/c23-16-10-9-12-5-1-2-6-13(12)19(16)21-22-20-15-8-4-3-7-14(15)18(11-17(20)24)28(25,26)27;18-9-5-6-13(21)12(7-9)19-20-14-15(22)10-3-1-2-4-11(10)16-17(14)26(23,24)8-25-16;;;/h1-11,21,23H,(H,25,26,27);1-7,19,21H,8H2;;;/q;;;2*+1/b;20-14-;;;. The number of ether oxygens (including phenoxy) is 1. The molecule has 2 aliphatic carbocycles. The number of ketones is 2. The number of anilines is 2. The van der Waals surface area contributed by atoms with Crippen molar-refractivity contribution in [3.8, 4) is 11.5 Å².